The van der Waals surface area contributed by atoms with Crippen LogP contribution in [0.3, 0.4) is 0 Å². The molecule has 30 heavy (non-hydrogen) atoms. The standard InChI is InChI=1S/C23H23N7/c24-9-6-17-14-27-19-2-1-3-20(22(17)19)29-23-26-11-8-21(30-23)28-13-15-4-5-18-16(12-15)7-10-25-18/h1-5,7-8,10-12,14,25,27H,6,9,13,24H2,(H2,26,28,29,30). The molecular weight excluding hydrogens is 374 g/mol. The Morgan fingerprint density at radius 1 is 1.00 bits per heavy atom. The van der Waals surface area contributed by atoms with Crippen LogP contribution in [0.2, 0.25) is 0 Å². The second-order valence-corrected chi connectivity index (χ2v) is 7.22. The van der Waals surface area contributed by atoms with Crippen LogP contribution in [0.4, 0.5) is 17.5 Å². The lowest BCUT2D eigenvalue weighted by atomic mass is 10.1. The first-order valence-electron chi connectivity index (χ1n) is 9.99. The molecule has 7 heteroatoms. The van der Waals surface area contributed by atoms with Crippen LogP contribution in [0.15, 0.2) is 67.1 Å². The number of hydrogen-bond acceptors (Lipinski definition) is 5. The van der Waals surface area contributed by atoms with Gasteiger partial charge in [-0.1, -0.05) is 12.1 Å². The van der Waals surface area contributed by atoms with Crippen molar-refractivity contribution in [3.05, 3.63) is 78.2 Å². The van der Waals surface area contributed by atoms with Crippen LogP contribution in [0.25, 0.3) is 21.8 Å². The number of H-pyrrole nitrogens is 2. The van der Waals surface area contributed by atoms with E-state index in [0.29, 0.717) is 19.0 Å². The van der Waals surface area contributed by atoms with Gasteiger partial charge in [-0.05, 0) is 65.9 Å². The normalized spacial score (nSPS) is 11.2. The quantitative estimate of drug-likeness (QED) is 0.281. The van der Waals surface area contributed by atoms with Gasteiger partial charge in [0.15, 0.2) is 0 Å². The minimum Gasteiger partial charge on any atom is -0.366 e. The molecule has 7 nitrogen and oxygen atoms in total. The van der Waals surface area contributed by atoms with E-state index in [-0.39, 0.29) is 0 Å². The highest BCUT2D eigenvalue weighted by Crippen LogP contribution is 2.29. The van der Waals surface area contributed by atoms with Gasteiger partial charge >= 0.3 is 0 Å². The summed E-state index contributed by atoms with van der Waals surface area (Å²) in [6.45, 7) is 1.29. The zero-order chi connectivity index (χ0) is 20.3. The summed E-state index contributed by atoms with van der Waals surface area (Å²) in [5, 5.41) is 9.08. The number of nitrogens with two attached hydrogens (primary N) is 1. The van der Waals surface area contributed by atoms with E-state index >= 15 is 0 Å². The molecule has 0 aliphatic heterocycles. The number of hydrogen-bond donors (Lipinski definition) is 5. The largest absolute Gasteiger partial charge is 0.366 e. The molecule has 0 saturated carbocycles. The number of fused-ring (bicyclic) bond motifs is 2. The highest BCUT2D eigenvalue weighted by Gasteiger charge is 2.10. The molecule has 150 valence electrons. The molecule has 0 aliphatic rings. The Balaban J connectivity index is 1.35. The van der Waals surface area contributed by atoms with Crippen LogP contribution < -0.4 is 16.4 Å². The Kier molecular flexibility index (Phi) is 4.78. The van der Waals surface area contributed by atoms with Crippen LogP contribution >= 0.6 is 0 Å². The van der Waals surface area contributed by atoms with Crippen molar-refractivity contribution in [3.8, 4) is 0 Å². The van der Waals surface area contributed by atoms with E-state index in [2.05, 4.69) is 60.9 Å². The van der Waals surface area contributed by atoms with Gasteiger partial charge in [0.1, 0.15) is 5.82 Å². The summed E-state index contributed by atoms with van der Waals surface area (Å²) in [6, 6.07) is 16.4. The van der Waals surface area contributed by atoms with Gasteiger partial charge in [-0.15, -0.1) is 0 Å². The monoisotopic (exact) mass is 397 g/mol. The van der Waals surface area contributed by atoms with E-state index in [1.54, 1.807) is 6.20 Å². The van der Waals surface area contributed by atoms with E-state index in [1.165, 1.54) is 16.5 Å². The summed E-state index contributed by atoms with van der Waals surface area (Å²) in [4.78, 5) is 15.5. The lowest BCUT2D eigenvalue weighted by molar-refractivity contribution is 0.976. The van der Waals surface area contributed by atoms with Gasteiger partial charge in [0.05, 0.1) is 5.69 Å². The highest BCUT2D eigenvalue weighted by molar-refractivity contribution is 5.96. The number of benzene rings is 2. The number of nitrogens with one attached hydrogen (secondary N) is 4. The van der Waals surface area contributed by atoms with Crippen molar-refractivity contribution >= 4 is 39.3 Å². The summed E-state index contributed by atoms with van der Waals surface area (Å²) in [6.07, 6.45) is 6.54. The van der Waals surface area contributed by atoms with E-state index in [1.807, 2.05) is 30.6 Å². The SMILES string of the molecule is NCCc1c[nH]c2cccc(Nc3nccc(NCc4ccc5[nH]ccc5c4)n3)c12. The Morgan fingerprint density at radius 3 is 2.90 bits per heavy atom. The predicted octanol–water partition coefficient (Wildman–Crippen LogP) is 4.30. The molecule has 3 heterocycles. The molecule has 0 bridgehead atoms. The number of nitrogens with zero attached hydrogens (tertiary/aromatic N) is 2. The molecule has 0 radical (unpaired) electrons. The topological polar surface area (TPSA) is 107 Å². The van der Waals surface area contributed by atoms with Gasteiger partial charge in [-0.25, -0.2) is 4.98 Å². The molecule has 0 fully saturated rings. The first kappa shape index (κ1) is 18.2. The van der Waals surface area contributed by atoms with Crippen LogP contribution in [0.5, 0.6) is 0 Å². The van der Waals surface area contributed by atoms with Crippen molar-refractivity contribution in [2.75, 3.05) is 17.2 Å². The van der Waals surface area contributed by atoms with Crippen molar-refractivity contribution < 1.29 is 0 Å². The van der Waals surface area contributed by atoms with E-state index in [9.17, 15) is 0 Å². The van der Waals surface area contributed by atoms with Gasteiger partial charge in [-0.2, -0.15) is 4.98 Å². The van der Waals surface area contributed by atoms with Crippen LogP contribution in [-0.4, -0.2) is 26.5 Å². The van der Waals surface area contributed by atoms with Crippen molar-refractivity contribution in [1.82, 2.24) is 19.9 Å². The number of rotatable bonds is 7. The first-order chi connectivity index (χ1) is 14.8. The molecule has 3 aromatic heterocycles. The third kappa shape index (κ3) is 3.58. The van der Waals surface area contributed by atoms with E-state index in [4.69, 9.17) is 5.73 Å². The van der Waals surface area contributed by atoms with E-state index in [0.717, 1.165) is 34.3 Å². The first-order valence-corrected chi connectivity index (χ1v) is 9.99. The summed E-state index contributed by atoms with van der Waals surface area (Å²) < 4.78 is 0. The molecule has 0 aliphatic carbocycles. The van der Waals surface area contributed by atoms with Gasteiger partial charge in [-0.3, -0.25) is 0 Å². The van der Waals surface area contributed by atoms with Crippen molar-refractivity contribution in [2.24, 2.45) is 5.73 Å². The predicted molar refractivity (Wildman–Crippen MR) is 122 cm³/mol. The number of aromatic amines is 2. The van der Waals surface area contributed by atoms with Crippen molar-refractivity contribution in [2.45, 2.75) is 13.0 Å². The van der Waals surface area contributed by atoms with Crippen molar-refractivity contribution in [3.63, 3.8) is 0 Å². The van der Waals surface area contributed by atoms with Gasteiger partial charge in [0.2, 0.25) is 5.95 Å². The Morgan fingerprint density at radius 2 is 1.97 bits per heavy atom. The molecule has 0 unspecified atom stereocenters. The Labute approximate surface area is 173 Å². The molecule has 2 aromatic carbocycles. The fraction of sp³-hybridized carbons (Fsp3) is 0.130. The maximum atomic E-state index is 5.77. The fourth-order valence-electron chi connectivity index (χ4n) is 3.76. The fourth-order valence-corrected chi connectivity index (χ4v) is 3.76. The van der Waals surface area contributed by atoms with Crippen LogP contribution in [-0.2, 0) is 13.0 Å². The second kappa shape index (κ2) is 7.88. The highest BCUT2D eigenvalue weighted by atomic mass is 15.1. The zero-order valence-corrected chi connectivity index (χ0v) is 16.4. The van der Waals surface area contributed by atoms with Crippen LogP contribution in [0, 0.1) is 0 Å². The second-order valence-electron chi connectivity index (χ2n) is 7.22. The third-order valence-corrected chi connectivity index (χ3v) is 5.19. The van der Waals surface area contributed by atoms with Gasteiger partial charge in [0, 0.05) is 41.6 Å². The van der Waals surface area contributed by atoms with Gasteiger partial charge in [0.25, 0.3) is 0 Å². The maximum Gasteiger partial charge on any atom is 0.229 e. The molecular formula is C23H23N7. The van der Waals surface area contributed by atoms with E-state index < -0.39 is 0 Å². The lowest BCUT2D eigenvalue weighted by Gasteiger charge is -2.10. The maximum absolute atomic E-state index is 5.77. The summed E-state index contributed by atoms with van der Waals surface area (Å²) in [5.41, 5.74) is 11.3. The number of anilines is 3. The smallest absolute Gasteiger partial charge is 0.229 e. The molecule has 0 atom stereocenters. The lowest BCUT2D eigenvalue weighted by Crippen LogP contribution is -2.05. The molecule has 0 amide bonds. The molecule has 5 aromatic rings. The Hall–Kier alpha value is -3.84. The number of aromatic nitrogens is 4. The molecule has 6 N–H and O–H groups in total. The average Bonchev–Trinajstić information content (AvgIpc) is 3.40. The summed E-state index contributed by atoms with van der Waals surface area (Å²) in [7, 11) is 0. The minimum atomic E-state index is 0.550. The molecule has 5 rings (SSSR count). The average molecular weight is 397 g/mol. The van der Waals surface area contributed by atoms with Crippen LogP contribution in [0.1, 0.15) is 11.1 Å². The van der Waals surface area contributed by atoms with Crippen molar-refractivity contribution in [1.29, 1.82) is 0 Å². The minimum absolute atomic E-state index is 0.550. The summed E-state index contributed by atoms with van der Waals surface area (Å²) >= 11 is 0. The third-order valence-electron chi connectivity index (χ3n) is 5.19. The zero-order valence-electron chi connectivity index (χ0n) is 16.4. The molecule has 0 saturated heterocycles. The van der Waals surface area contributed by atoms with Gasteiger partial charge < -0.3 is 26.3 Å². The Bertz CT molecular complexity index is 1300. The summed E-state index contributed by atoms with van der Waals surface area (Å²) in [5.74, 6) is 1.32. The molecule has 0 spiro atoms.